The molecular weight excluding hydrogens is 322 g/mol. The van der Waals surface area contributed by atoms with Gasteiger partial charge in [-0.15, -0.1) is 0 Å². The van der Waals surface area contributed by atoms with E-state index < -0.39 is 0 Å². The van der Waals surface area contributed by atoms with Crippen molar-refractivity contribution in [2.75, 3.05) is 26.1 Å². The molecule has 0 aliphatic heterocycles. The first-order chi connectivity index (χ1) is 9.65. The van der Waals surface area contributed by atoms with Crippen LogP contribution in [0.4, 0.5) is 11.6 Å². The first kappa shape index (κ1) is 14.9. The Labute approximate surface area is 127 Å². The van der Waals surface area contributed by atoms with Gasteiger partial charge in [0.1, 0.15) is 5.75 Å². The Morgan fingerprint density at radius 1 is 1.40 bits per heavy atom. The number of methoxy groups -OCH3 is 2. The van der Waals surface area contributed by atoms with Gasteiger partial charge in [0.05, 0.1) is 24.2 Å². The molecule has 0 aliphatic carbocycles. The Hall–Kier alpha value is -1.53. The van der Waals surface area contributed by atoms with Gasteiger partial charge in [-0.05, 0) is 35.0 Å². The van der Waals surface area contributed by atoms with Crippen molar-refractivity contribution in [2.24, 2.45) is 0 Å². The summed E-state index contributed by atoms with van der Waals surface area (Å²) in [5.74, 6) is 1.55. The fourth-order valence-electron chi connectivity index (χ4n) is 1.95. The topological polar surface area (TPSA) is 48.3 Å². The lowest BCUT2D eigenvalue weighted by atomic mass is 10.3. The standard InChI is InChI=1S/C14H18BrN3O2/c1-10(9-19-2)18-7-6-16-14(18)17-11-4-5-12(15)13(8-11)20-3/h4-8,10H,9H2,1-3H3,(H,16,17). The molecule has 1 unspecified atom stereocenters. The lowest BCUT2D eigenvalue weighted by molar-refractivity contribution is 0.163. The summed E-state index contributed by atoms with van der Waals surface area (Å²) in [6.07, 6.45) is 3.70. The van der Waals surface area contributed by atoms with Crippen LogP contribution in [0.15, 0.2) is 35.1 Å². The van der Waals surface area contributed by atoms with Gasteiger partial charge in [0.15, 0.2) is 0 Å². The largest absolute Gasteiger partial charge is 0.495 e. The van der Waals surface area contributed by atoms with E-state index >= 15 is 0 Å². The predicted molar refractivity (Wildman–Crippen MR) is 82.8 cm³/mol. The number of imidazole rings is 1. The average Bonchev–Trinajstić information content (AvgIpc) is 2.89. The van der Waals surface area contributed by atoms with Crippen molar-refractivity contribution in [3.8, 4) is 5.75 Å². The quantitative estimate of drug-likeness (QED) is 0.873. The summed E-state index contributed by atoms with van der Waals surface area (Å²) >= 11 is 3.44. The highest BCUT2D eigenvalue weighted by molar-refractivity contribution is 9.10. The number of aromatic nitrogens is 2. The molecule has 0 amide bonds. The zero-order valence-electron chi connectivity index (χ0n) is 11.8. The molecule has 5 nitrogen and oxygen atoms in total. The van der Waals surface area contributed by atoms with E-state index in [0.29, 0.717) is 6.61 Å². The molecule has 1 aromatic carbocycles. The zero-order chi connectivity index (χ0) is 14.5. The average molecular weight is 340 g/mol. The second kappa shape index (κ2) is 6.76. The molecule has 0 saturated carbocycles. The van der Waals surface area contributed by atoms with Crippen LogP contribution in [0.5, 0.6) is 5.75 Å². The monoisotopic (exact) mass is 339 g/mol. The van der Waals surface area contributed by atoms with Crippen LogP contribution in [0.3, 0.4) is 0 Å². The minimum Gasteiger partial charge on any atom is -0.495 e. The highest BCUT2D eigenvalue weighted by atomic mass is 79.9. The second-order valence-electron chi connectivity index (χ2n) is 4.44. The molecule has 0 radical (unpaired) electrons. The predicted octanol–water partition coefficient (Wildman–Crippen LogP) is 3.61. The van der Waals surface area contributed by atoms with E-state index in [1.165, 1.54) is 0 Å². The Morgan fingerprint density at radius 2 is 2.20 bits per heavy atom. The smallest absolute Gasteiger partial charge is 0.207 e. The van der Waals surface area contributed by atoms with E-state index in [1.807, 2.05) is 29.0 Å². The Kier molecular flexibility index (Phi) is 5.03. The summed E-state index contributed by atoms with van der Waals surface area (Å²) in [5.41, 5.74) is 0.919. The number of benzene rings is 1. The summed E-state index contributed by atoms with van der Waals surface area (Å²) in [6, 6.07) is 6.03. The highest BCUT2D eigenvalue weighted by Gasteiger charge is 2.10. The zero-order valence-corrected chi connectivity index (χ0v) is 13.3. The van der Waals surface area contributed by atoms with Gasteiger partial charge in [0, 0.05) is 31.3 Å². The maximum atomic E-state index is 5.29. The molecule has 0 bridgehead atoms. The number of nitrogens with zero attached hydrogens (tertiary/aromatic N) is 2. The van der Waals surface area contributed by atoms with Crippen LogP contribution < -0.4 is 10.1 Å². The van der Waals surface area contributed by atoms with Gasteiger partial charge in [-0.1, -0.05) is 0 Å². The fraction of sp³-hybridized carbons (Fsp3) is 0.357. The van der Waals surface area contributed by atoms with E-state index in [9.17, 15) is 0 Å². The maximum absolute atomic E-state index is 5.29. The number of nitrogens with one attached hydrogen (secondary N) is 1. The fourth-order valence-corrected chi connectivity index (χ4v) is 2.36. The molecule has 0 aliphatic rings. The summed E-state index contributed by atoms with van der Waals surface area (Å²) in [5, 5.41) is 3.29. The van der Waals surface area contributed by atoms with Crippen molar-refractivity contribution in [1.82, 2.24) is 9.55 Å². The van der Waals surface area contributed by atoms with Crippen LogP contribution in [-0.4, -0.2) is 30.4 Å². The first-order valence-electron chi connectivity index (χ1n) is 6.28. The van der Waals surface area contributed by atoms with Gasteiger partial charge in [-0.3, -0.25) is 0 Å². The number of anilines is 2. The van der Waals surface area contributed by atoms with Crippen molar-refractivity contribution in [2.45, 2.75) is 13.0 Å². The molecule has 0 fully saturated rings. The Balaban J connectivity index is 2.20. The minimum absolute atomic E-state index is 0.211. The third-order valence-corrected chi connectivity index (χ3v) is 3.61. The molecule has 0 spiro atoms. The SMILES string of the molecule is COCC(C)n1ccnc1Nc1ccc(Br)c(OC)c1. The van der Waals surface area contributed by atoms with E-state index in [4.69, 9.17) is 9.47 Å². The van der Waals surface area contributed by atoms with Crippen molar-refractivity contribution < 1.29 is 9.47 Å². The third kappa shape index (κ3) is 3.32. The van der Waals surface area contributed by atoms with Crippen LogP contribution in [0.1, 0.15) is 13.0 Å². The number of halogens is 1. The van der Waals surface area contributed by atoms with Gasteiger partial charge < -0.3 is 19.4 Å². The summed E-state index contributed by atoms with van der Waals surface area (Å²) in [6.45, 7) is 2.72. The Morgan fingerprint density at radius 3 is 2.90 bits per heavy atom. The van der Waals surface area contributed by atoms with E-state index in [-0.39, 0.29) is 6.04 Å². The van der Waals surface area contributed by atoms with Crippen molar-refractivity contribution in [3.63, 3.8) is 0 Å². The summed E-state index contributed by atoms with van der Waals surface area (Å²) in [4.78, 5) is 4.34. The number of hydrogen-bond donors (Lipinski definition) is 1. The second-order valence-corrected chi connectivity index (χ2v) is 5.29. The van der Waals surface area contributed by atoms with Crippen LogP contribution in [-0.2, 0) is 4.74 Å². The molecule has 108 valence electrons. The molecule has 1 atom stereocenters. The third-order valence-electron chi connectivity index (χ3n) is 2.96. The minimum atomic E-state index is 0.211. The summed E-state index contributed by atoms with van der Waals surface area (Å²) in [7, 11) is 3.34. The molecule has 20 heavy (non-hydrogen) atoms. The van der Waals surface area contributed by atoms with Crippen LogP contribution in [0, 0.1) is 0 Å². The lowest BCUT2D eigenvalue weighted by Crippen LogP contribution is -2.12. The van der Waals surface area contributed by atoms with E-state index in [1.54, 1.807) is 20.4 Å². The molecule has 6 heteroatoms. The van der Waals surface area contributed by atoms with Gasteiger partial charge in [0.2, 0.25) is 5.95 Å². The molecular formula is C14H18BrN3O2. The summed E-state index contributed by atoms with van der Waals surface area (Å²) < 4.78 is 13.4. The Bertz CT molecular complexity index is 571. The normalized spacial score (nSPS) is 12.2. The molecule has 1 heterocycles. The molecule has 2 aromatic rings. The van der Waals surface area contributed by atoms with Gasteiger partial charge >= 0.3 is 0 Å². The molecule has 0 saturated heterocycles. The van der Waals surface area contributed by atoms with E-state index in [2.05, 4.69) is 33.2 Å². The number of rotatable bonds is 6. The molecule has 1 aromatic heterocycles. The number of ether oxygens (including phenoxy) is 2. The molecule has 1 N–H and O–H groups in total. The molecule has 2 rings (SSSR count). The van der Waals surface area contributed by atoms with Gasteiger partial charge in [-0.2, -0.15) is 0 Å². The van der Waals surface area contributed by atoms with Gasteiger partial charge in [-0.25, -0.2) is 4.98 Å². The van der Waals surface area contributed by atoms with Crippen LogP contribution in [0.25, 0.3) is 0 Å². The van der Waals surface area contributed by atoms with Crippen molar-refractivity contribution >= 4 is 27.6 Å². The van der Waals surface area contributed by atoms with Crippen LogP contribution >= 0.6 is 15.9 Å². The van der Waals surface area contributed by atoms with Crippen LogP contribution in [0.2, 0.25) is 0 Å². The number of hydrogen-bond acceptors (Lipinski definition) is 4. The highest BCUT2D eigenvalue weighted by Crippen LogP contribution is 2.29. The van der Waals surface area contributed by atoms with Crippen molar-refractivity contribution in [3.05, 3.63) is 35.1 Å². The van der Waals surface area contributed by atoms with Crippen molar-refractivity contribution in [1.29, 1.82) is 0 Å². The van der Waals surface area contributed by atoms with E-state index in [0.717, 1.165) is 21.9 Å². The first-order valence-corrected chi connectivity index (χ1v) is 7.07. The van der Waals surface area contributed by atoms with Gasteiger partial charge in [0.25, 0.3) is 0 Å². The lowest BCUT2D eigenvalue weighted by Gasteiger charge is -2.16. The maximum Gasteiger partial charge on any atom is 0.207 e.